The highest BCUT2D eigenvalue weighted by molar-refractivity contribution is 5.89. The van der Waals surface area contributed by atoms with Gasteiger partial charge in [0.25, 0.3) is 0 Å². The Balaban J connectivity index is 2.25. The van der Waals surface area contributed by atoms with Crippen LogP contribution in [0.2, 0.25) is 0 Å². The number of carbonyl (C=O) groups is 3. The largest absolute Gasteiger partial charge is 0.508 e. The highest BCUT2D eigenvalue weighted by Gasteiger charge is 2.44. The molecule has 7 nitrogen and oxygen atoms in total. The summed E-state index contributed by atoms with van der Waals surface area (Å²) in [5.41, 5.74) is -1.40. The molecule has 0 unspecified atom stereocenters. The fourth-order valence-electron chi connectivity index (χ4n) is 2.99. The van der Waals surface area contributed by atoms with E-state index in [9.17, 15) is 24.6 Å². The summed E-state index contributed by atoms with van der Waals surface area (Å²) in [5, 5.41) is 22.5. The van der Waals surface area contributed by atoms with Gasteiger partial charge in [0, 0.05) is 30.2 Å². The Kier molecular flexibility index (Phi) is 5.06. The number of ketones is 1. The van der Waals surface area contributed by atoms with Crippen molar-refractivity contribution in [2.75, 3.05) is 5.32 Å². The molecular formula is C18H23NO6. The predicted molar refractivity (Wildman–Crippen MR) is 90.8 cm³/mol. The number of hydrogen-bond donors (Lipinski definition) is 3. The van der Waals surface area contributed by atoms with Gasteiger partial charge in [-0.05, 0) is 39.7 Å². The van der Waals surface area contributed by atoms with Crippen LogP contribution in [0.4, 0.5) is 10.5 Å². The minimum absolute atomic E-state index is 0.0274. The maximum atomic E-state index is 11.8. The monoisotopic (exact) mass is 349 g/mol. The number of anilines is 1. The van der Waals surface area contributed by atoms with Gasteiger partial charge >= 0.3 is 12.1 Å². The van der Waals surface area contributed by atoms with Gasteiger partial charge in [0.15, 0.2) is 0 Å². The Hall–Kier alpha value is -2.57. The second kappa shape index (κ2) is 6.74. The number of aromatic hydroxyl groups is 1. The molecule has 2 rings (SSSR count). The Bertz CT molecular complexity index is 694. The number of Topliss-reactive ketones (excluding diaryl/α,β-unsaturated/α-hetero) is 1. The van der Waals surface area contributed by atoms with Crippen molar-refractivity contribution in [2.45, 2.75) is 57.5 Å². The summed E-state index contributed by atoms with van der Waals surface area (Å²) >= 11 is 0. The van der Waals surface area contributed by atoms with Gasteiger partial charge in [-0.15, -0.1) is 0 Å². The fraction of sp³-hybridized carbons (Fsp3) is 0.500. The third kappa shape index (κ3) is 4.29. The molecule has 1 fully saturated rings. The van der Waals surface area contributed by atoms with Crippen molar-refractivity contribution in [3.63, 3.8) is 0 Å². The van der Waals surface area contributed by atoms with Gasteiger partial charge in [-0.3, -0.25) is 14.9 Å². The van der Waals surface area contributed by atoms with Crippen molar-refractivity contribution in [3.05, 3.63) is 23.8 Å². The van der Waals surface area contributed by atoms with Crippen molar-refractivity contribution in [3.8, 4) is 5.75 Å². The van der Waals surface area contributed by atoms with Crippen LogP contribution >= 0.6 is 0 Å². The van der Waals surface area contributed by atoms with Gasteiger partial charge in [0.05, 0.1) is 5.41 Å². The number of nitrogens with one attached hydrogen (secondary N) is 1. The predicted octanol–water partition coefficient (Wildman–Crippen LogP) is 3.20. The van der Waals surface area contributed by atoms with Crippen molar-refractivity contribution in [1.29, 1.82) is 0 Å². The van der Waals surface area contributed by atoms with Gasteiger partial charge in [-0.1, -0.05) is 6.07 Å². The maximum absolute atomic E-state index is 11.8. The summed E-state index contributed by atoms with van der Waals surface area (Å²) in [7, 11) is 0. The minimum Gasteiger partial charge on any atom is -0.508 e. The van der Waals surface area contributed by atoms with Crippen LogP contribution in [0.1, 0.15) is 52.0 Å². The zero-order valence-corrected chi connectivity index (χ0v) is 14.6. The number of amides is 1. The van der Waals surface area contributed by atoms with Crippen LogP contribution in [0.5, 0.6) is 5.75 Å². The second-order valence-corrected chi connectivity index (χ2v) is 7.28. The van der Waals surface area contributed by atoms with Crippen LogP contribution in [0.3, 0.4) is 0 Å². The lowest BCUT2D eigenvalue weighted by molar-refractivity contribution is -0.146. The summed E-state index contributed by atoms with van der Waals surface area (Å²) in [5.74, 6) is -1.27. The van der Waals surface area contributed by atoms with Crippen LogP contribution in [-0.2, 0) is 19.7 Å². The average molecular weight is 349 g/mol. The molecule has 1 amide bonds. The van der Waals surface area contributed by atoms with E-state index >= 15 is 0 Å². The van der Waals surface area contributed by atoms with E-state index < -0.39 is 23.1 Å². The second-order valence-electron chi connectivity index (χ2n) is 7.28. The van der Waals surface area contributed by atoms with Crippen molar-refractivity contribution >= 4 is 23.5 Å². The zero-order chi connectivity index (χ0) is 18.8. The number of carboxylic acid groups (broad SMARTS) is 1. The Labute approximate surface area is 146 Å². The van der Waals surface area contributed by atoms with Gasteiger partial charge in [-0.25, -0.2) is 4.79 Å². The van der Waals surface area contributed by atoms with E-state index in [1.54, 1.807) is 20.8 Å². The molecule has 1 aliphatic rings. The Morgan fingerprint density at radius 1 is 1.20 bits per heavy atom. The van der Waals surface area contributed by atoms with E-state index in [2.05, 4.69) is 5.32 Å². The molecule has 1 aromatic carbocycles. The van der Waals surface area contributed by atoms with Gasteiger partial charge < -0.3 is 14.9 Å². The van der Waals surface area contributed by atoms with Crippen LogP contribution in [0, 0.1) is 0 Å². The van der Waals surface area contributed by atoms with E-state index in [1.807, 2.05) is 0 Å². The molecule has 25 heavy (non-hydrogen) atoms. The van der Waals surface area contributed by atoms with Gasteiger partial charge in [0.2, 0.25) is 0 Å². The lowest BCUT2D eigenvalue weighted by Gasteiger charge is -2.33. The summed E-state index contributed by atoms with van der Waals surface area (Å²) in [4.78, 5) is 35.1. The number of benzene rings is 1. The number of rotatable bonds is 3. The molecule has 0 atom stereocenters. The first-order valence-electron chi connectivity index (χ1n) is 8.12. The molecule has 3 N–H and O–H groups in total. The first-order valence-corrected chi connectivity index (χ1v) is 8.12. The molecule has 1 aliphatic carbocycles. The number of hydrogen-bond acceptors (Lipinski definition) is 5. The third-order valence-electron chi connectivity index (χ3n) is 4.23. The summed E-state index contributed by atoms with van der Waals surface area (Å²) in [6.45, 7) is 5.19. The molecule has 0 heterocycles. The van der Waals surface area contributed by atoms with E-state index in [0.29, 0.717) is 5.69 Å². The Morgan fingerprint density at radius 3 is 2.28 bits per heavy atom. The number of phenolic OH excluding ortho intramolecular Hbond substituents is 1. The number of phenols is 1. The Morgan fingerprint density at radius 2 is 1.80 bits per heavy atom. The normalized spacial score (nSPS) is 17.0. The summed E-state index contributed by atoms with van der Waals surface area (Å²) < 4.78 is 5.13. The van der Waals surface area contributed by atoms with E-state index in [1.165, 1.54) is 18.2 Å². The van der Waals surface area contributed by atoms with E-state index in [4.69, 9.17) is 4.74 Å². The number of aliphatic carboxylic acids is 1. The molecule has 0 saturated heterocycles. The number of carboxylic acids is 1. The van der Waals surface area contributed by atoms with Gasteiger partial charge in [0.1, 0.15) is 17.1 Å². The molecular weight excluding hydrogens is 326 g/mol. The molecule has 1 saturated carbocycles. The van der Waals surface area contributed by atoms with Crippen LogP contribution in [0.15, 0.2) is 18.2 Å². The molecule has 136 valence electrons. The third-order valence-corrected chi connectivity index (χ3v) is 4.23. The maximum Gasteiger partial charge on any atom is 0.412 e. The lowest BCUT2D eigenvalue weighted by atomic mass is 9.69. The highest BCUT2D eigenvalue weighted by Crippen LogP contribution is 2.43. The number of carbonyl (C=O) groups excluding carboxylic acids is 2. The van der Waals surface area contributed by atoms with Gasteiger partial charge in [-0.2, -0.15) is 0 Å². The van der Waals surface area contributed by atoms with Crippen molar-refractivity contribution in [2.24, 2.45) is 0 Å². The SMILES string of the molecule is CC(C)(C)OC(=O)Nc1ccc(C2(C(=O)O)CCC(=O)CC2)c(O)c1. The molecule has 0 spiro atoms. The smallest absolute Gasteiger partial charge is 0.412 e. The number of ether oxygens (including phenoxy) is 1. The summed E-state index contributed by atoms with van der Waals surface area (Å²) in [6.07, 6.45) is -0.0371. The summed E-state index contributed by atoms with van der Waals surface area (Å²) in [6, 6.07) is 4.28. The van der Waals surface area contributed by atoms with Crippen LogP contribution < -0.4 is 5.32 Å². The highest BCUT2D eigenvalue weighted by atomic mass is 16.6. The standard InChI is InChI=1S/C18H23NO6/c1-17(2,3)25-16(24)19-11-4-5-13(14(21)10-11)18(15(22)23)8-6-12(20)7-9-18/h4-5,10,21H,6-9H2,1-3H3,(H,19,24)(H,22,23). The molecule has 7 heteroatoms. The lowest BCUT2D eigenvalue weighted by Crippen LogP contribution is -2.39. The molecule has 0 aliphatic heterocycles. The first-order chi connectivity index (χ1) is 11.5. The van der Waals surface area contributed by atoms with Crippen molar-refractivity contribution < 1.29 is 29.3 Å². The van der Waals surface area contributed by atoms with E-state index in [0.717, 1.165) is 0 Å². The molecule has 0 bridgehead atoms. The van der Waals surface area contributed by atoms with Crippen LogP contribution in [0.25, 0.3) is 0 Å². The minimum atomic E-state index is -1.29. The zero-order valence-electron chi connectivity index (χ0n) is 14.6. The first kappa shape index (κ1) is 18.8. The molecule has 0 radical (unpaired) electrons. The quantitative estimate of drug-likeness (QED) is 0.772. The fourth-order valence-corrected chi connectivity index (χ4v) is 2.99. The average Bonchev–Trinajstić information content (AvgIpc) is 2.46. The molecule has 1 aromatic rings. The topological polar surface area (TPSA) is 113 Å². The molecule has 0 aromatic heterocycles. The van der Waals surface area contributed by atoms with Crippen LogP contribution in [-0.4, -0.2) is 33.7 Å². The van der Waals surface area contributed by atoms with E-state index in [-0.39, 0.29) is 42.8 Å². The van der Waals surface area contributed by atoms with Crippen molar-refractivity contribution in [1.82, 2.24) is 0 Å².